The lowest BCUT2D eigenvalue weighted by Gasteiger charge is -2.22. The van der Waals surface area contributed by atoms with Crippen molar-refractivity contribution in [1.29, 1.82) is 0 Å². The van der Waals surface area contributed by atoms with Gasteiger partial charge in [-0.3, -0.25) is 0 Å². The zero-order chi connectivity index (χ0) is 12.6. The normalized spacial score (nSPS) is 22.3. The lowest BCUT2D eigenvalue weighted by molar-refractivity contribution is 0.0697. The zero-order valence-electron chi connectivity index (χ0n) is 9.98. The topological polar surface area (TPSA) is 40.5 Å². The second-order valence-electron chi connectivity index (χ2n) is 4.79. The number of nitrogens with zero attached hydrogens (tertiary/aromatic N) is 1. The smallest absolute Gasteiger partial charge is 0.337 e. The van der Waals surface area contributed by atoms with Gasteiger partial charge in [-0.25, -0.2) is 4.79 Å². The molecule has 1 fully saturated rings. The Balaban J connectivity index is 2.26. The second-order valence-corrected chi connectivity index (χ2v) is 5.20. The maximum Gasteiger partial charge on any atom is 0.337 e. The third-order valence-electron chi connectivity index (χ3n) is 3.38. The molecule has 2 unspecified atom stereocenters. The Hall–Kier alpha value is -1.22. The van der Waals surface area contributed by atoms with Crippen molar-refractivity contribution in [2.75, 3.05) is 18.5 Å². The lowest BCUT2D eigenvalue weighted by Crippen LogP contribution is -2.23. The first-order chi connectivity index (χ1) is 8.00. The van der Waals surface area contributed by atoms with E-state index in [-0.39, 0.29) is 5.56 Å². The molecule has 0 aliphatic heterocycles. The van der Waals surface area contributed by atoms with Crippen LogP contribution in [0.3, 0.4) is 0 Å². The summed E-state index contributed by atoms with van der Waals surface area (Å²) in [6.45, 7) is 3.08. The van der Waals surface area contributed by atoms with Gasteiger partial charge in [-0.05, 0) is 30.4 Å². The van der Waals surface area contributed by atoms with Gasteiger partial charge in [0, 0.05) is 13.6 Å². The predicted octanol–water partition coefficient (Wildman–Crippen LogP) is 3.13. The SMILES string of the molecule is CC1CC1CN(C)c1c(Cl)cccc1C(=O)O. The summed E-state index contributed by atoms with van der Waals surface area (Å²) in [7, 11) is 1.90. The molecule has 1 aliphatic carbocycles. The van der Waals surface area contributed by atoms with Gasteiger partial charge >= 0.3 is 5.97 Å². The van der Waals surface area contributed by atoms with E-state index < -0.39 is 5.97 Å². The van der Waals surface area contributed by atoms with Crippen molar-refractivity contribution < 1.29 is 9.90 Å². The third kappa shape index (κ3) is 2.55. The maximum atomic E-state index is 11.2. The van der Waals surface area contributed by atoms with E-state index >= 15 is 0 Å². The molecule has 0 amide bonds. The molecule has 1 aromatic carbocycles. The minimum absolute atomic E-state index is 0.272. The first-order valence-electron chi connectivity index (χ1n) is 5.73. The molecule has 0 heterocycles. The molecule has 1 saturated carbocycles. The highest BCUT2D eigenvalue weighted by molar-refractivity contribution is 6.34. The highest BCUT2D eigenvalue weighted by atomic mass is 35.5. The molecule has 2 rings (SSSR count). The van der Waals surface area contributed by atoms with Gasteiger partial charge in [0.2, 0.25) is 0 Å². The number of carboxylic acids is 1. The number of hydrogen-bond donors (Lipinski definition) is 1. The van der Waals surface area contributed by atoms with Crippen LogP contribution in [0.15, 0.2) is 18.2 Å². The Kier molecular flexibility index (Phi) is 3.29. The summed E-state index contributed by atoms with van der Waals surface area (Å²) in [5.41, 5.74) is 0.897. The second kappa shape index (κ2) is 4.57. The summed E-state index contributed by atoms with van der Waals surface area (Å²) >= 11 is 6.10. The van der Waals surface area contributed by atoms with E-state index in [9.17, 15) is 4.79 Å². The molecule has 0 radical (unpaired) electrons. The fourth-order valence-corrected chi connectivity index (χ4v) is 2.49. The van der Waals surface area contributed by atoms with Crippen LogP contribution in [0.1, 0.15) is 23.7 Å². The number of halogens is 1. The highest BCUT2D eigenvalue weighted by Gasteiger charge is 2.34. The number of hydrogen-bond acceptors (Lipinski definition) is 2. The molecule has 2 atom stereocenters. The summed E-state index contributed by atoms with van der Waals surface area (Å²) in [6, 6.07) is 5.00. The van der Waals surface area contributed by atoms with Crippen LogP contribution in [-0.4, -0.2) is 24.7 Å². The summed E-state index contributed by atoms with van der Waals surface area (Å²) < 4.78 is 0. The van der Waals surface area contributed by atoms with Gasteiger partial charge in [-0.15, -0.1) is 0 Å². The van der Waals surface area contributed by atoms with E-state index in [1.54, 1.807) is 18.2 Å². The summed E-state index contributed by atoms with van der Waals surface area (Å²) in [4.78, 5) is 13.1. The average molecular weight is 254 g/mol. The monoisotopic (exact) mass is 253 g/mol. The third-order valence-corrected chi connectivity index (χ3v) is 3.69. The molecular formula is C13H16ClNO2. The van der Waals surface area contributed by atoms with Gasteiger partial charge < -0.3 is 10.0 Å². The quantitative estimate of drug-likeness (QED) is 0.896. The number of rotatable bonds is 4. The van der Waals surface area contributed by atoms with Crippen LogP contribution in [0.4, 0.5) is 5.69 Å². The Morgan fingerprint density at radius 3 is 2.76 bits per heavy atom. The van der Waals surface area contributed by atoms with Crippen LogP contribution in [0.25, 0.3) is 0 Å². The van der Waals surface area contributed by atoms with Crippen molar-refractivity contribution in [1.82, 2.24) is 0 Å². The van der Waals surface area contributed by atoms with Gasteiger partial charge in [0.1, 0.15) is 0 Å². The lowest BCUT2D eigenvalue weighted by atomic mass is 10.1. The van der Waals surface area contributed by atoms with Gasteiger partial charge in [-0.1, -0.05) is 24.6 Å². The fourth-order valence-electron chi connectivity index (χ4n) is 2.17. The molecule has 1 N–H and O–H groups in total. The van der Waals surface area contributed by atoms with E-state index in [1.165, 1.54) is 6.42 Å². The molecule has 1 aromatic rings. The predicted molar refractivity (Wildman–Crippen MR) is 69.0 cm³/mol. The van der Waals surface area contributed by atoms with Crippen molar-refractivity contribution in [3.8, 4) is 0 Å². The number of anilines is 1. The first-order valence-corrected chi connectivity index (χ1v) is 6.11. The van der Waals surface area contributed by atoms with Crippen LogP contribution >= 0.6 is 11.6 Å². The van der Waals surface area contributed by atoms with Gasteiger partial charge in [0.25, 0.3) is 0 Å². The molecule has 3 nitrogen and oxygen atoms in total. The van der Waals surface area contributed by atoms with E-state index in [2.05, 4.69) is 6.92 Å². The van der Waals surface area contributed by atoms with E-state index in [1.807, 2.05) is 11.9 Å². The first kappa shape index (κ1) is 12.2. The number of carbonyl (C=O) groups is 1. The van der Waals surface area contributed by atoms with Crippen LogP contribution in [0.2, 0.25) is 5.02 Å². The Labute approximate surface area is 106 Å². The van der Waals surface area contributed by atoms with Crippen LogP contribution in [-0.2, 0) is 0 Å². The standard InChI is InChI=1S/C13H16ClNO2/c1-8-6-9(8)7-15(2)12-10(13(16)17)4-3-5-11(12)14/h3-5,8-9H,6-7H2,1-2H3,(H,16,17). The van der Waals surface area contributed by atoms with E-state index in [0.29, 0.717) is 16.6 Å². The average Bonchev–Trinajstić information content (AvgIpc) is 2.93. The van der Waals surface area contributed by atoms with Gasteiger partial charge in [-0.2, -0.15) is 0 Å². The number of para-hydroxylation sites is 1. The van der Waals surface area contributed by atoms with Crippen LogP contribution < -0.4 is 4.90 Å². The van der Waals surface area contributed by atoms with Crippen molar-refractivity contribution >= 4 is 23.3 Å². The molecule has 4 heteroatoms. The van der Waals surface area contributed by atoms with Crippen LogP contribution in [0.5, 0.6) is 0 Å². The number of carboxylic acid groups (broad SMARTS) is 1. The van der Waals surface area contributed by atoms with Gasteiger partial charge in [0.05, 0.1) is 16.3 Å². The zero-order valence-corrected chi connectivity index (χ0v) is 10.7. The maximum absolute atomic E-state index is 11.2. The van der Waals surface area contributed by atoms with Crippen molar-refractivity contribution in [2.45, 2.75) is 13.3 Å². The molecular weight excluding hydrogens is 238 g/mol. The van der Waals surface area contributed by atoms with E-state index in [0.717, 1.165) is 12.5 Å². The highest BCUT2D eigenvalue weighted by Crippen LogP contribution is 2.40. The molecule has 0 aromatic heterocycles. The Bertz CT molecular complexity index is 447. The molecule has 0 spiro atoms. The molecule has 0 bridgehead atoms. The molecule has 92 valence electrons. The Morgan fingerprint density at radius 1 is 1.59 bits per heavy atom. The Morgan fingerprint density at radius 2 is 2.24 bits per heavy atom. The molecule has 17 heavy (non-hydrogen) atoms. The number of aromatic carboxylic acids is 1. The largest absolute Gasteiger partial charge is 0.478 e. The molecule has 0 saturated heterocycles. The summed E-state index contributed by atoms with van der Waals surface area (Å²) in [5.74, 6) is 0.476. The minimum atomic E-state index is -0.932. The van der Waals surface area contributed by atoms with Crippen LogP contribution in [0, 0.1) is 11.8 Å². The van der Waals surface area contributed by atoms with Gasteiger partial charge in [0.15, 0.2) is 0 Å². The minimum Gasteiger partial charge on any atom is -0.478 e. The van der Waals surface area contributed by atoms with Crippen molar-refractivity contribution in [2.24, 2.45) is 11.8 Å². The molecule has 1 aliphatic rings. The summed E-state index contributed by atoms with van der Waals surface area (Å²) in [6.07, 6.45) is 1.22. The summed E-state index contributed by atoms with van der Waals surface area (Å²) in [5, 5.41) is 9.66. The van der Waals surface area contributed by atoms with E-state index in [4.69, 9.17) is 16.7 Å². The fraction of sp³-hybridized carbons (Fsp3) is 0.462. The number of benzene rings is 1. The van der Waals surface area contributed by atoms with Crippen molar-refractivity contribution in [3.63, 3.8) is 0 Å². The van der Waals surface area contributed by atoms with Crippen molar-refractivity contribution in [3.05, 3.63) is 28.8 Å².